The van der Waals surface area contributed by atoms with E-state index in [1.54, 1.807) is 0 Å². The van der Waals surface area contributed by atoms with Gasteiger partial charge in [0.2, 0.25) is 0 Å². The minimum Gasteiger partial charge on any atom is -0.300 e. The number of isothiocyanates is 1. The van der Waals surface area contributed by atoms with E-state index in [1.807, 2.05) is 6.92 Å². The first kappa shape index (κ1) is 11.5. The number of hydrogen-bond donors (Lipinski definition) is 0. The number of hydrogen-bond acceptors (Lipinski definition) is 3. The summed E-state index contributed by atoms with van der Waals surface area (Å²) in [4.78, 5) is 14.8. The Morgan fingerprint density at radius 2 is 2.17 bits per heavy atom. The lowest BCUT2D eigenvalue weighted by Crippen LogP contribution is -1.96. The van der Waals surface area contributed by atoms with E-state index in [-0.39, 0.29) is 0 Å². The molecule has 0 aromatic heterocycles. The van der Waals surface area contributed by atoms with Gasteiger partial charge in [-0.2, -0.15) is 0 Å². The molecule has 0 heterocycles. The van der Waals surface area contributed by atoms with E-state index < -0.39 is 0 Å². The van der Waals surface area contributed by atoms with Crippen molar-refractivity contribution in [1.29, 1.82) is 0 Å². The number of carbonyl (C=O) groups is 1. The number of rotatable bonds is 7. The lowest BCUT2D eigenvalue weighted by Gasteiger charge is -1.96. The van der Waals surface area contributed by atoms with Gasteiger partial charge in [-0.25, -0.2) is 4.99 Å². The summed E-state index contributed by atoms with van der Waals surface area (Å²) < 4.78 is 0. The summed E-state index contributed by atoms with van der Waals surface area (Å²) in [6, 6.07) is 0. The normalized spacial score (nSPS) is 9.08. The van der Waals surface area contributed by atoms with Crippen LogP contribution in [0.15, 0.2) is 4.99 Å². The van der Waals surface area contributed by atoms with Gasteiger partial charge in [0.1, 0.15) is 5.78 Å². The van der Waals surface area contributed by atoms with Crippen LogP contribution in [0, 0.1) is 0 Å². The third-order valence-corrected chi connectivity index (χ3v) is 1.70. The van der Waals surface area contributed by atoms with Gasteiger partial charge in [0.15, 0.2) is 0 Å². The van der Waals surface area contributed by atoms with Gasteiger partial charge in [-0.1, -0.05) is 6.92 Å². The Balaban J connectivity index is 3.19. The summed E-state index contributed by atoms with van der Waals surface area (Å²) in [6.45, 7) is 2.73. The Morgan fingerprint density at radius 1 is 1.42 bits per heavy atom. The van der Waals surface area contributed by atoms with Gasteiger partial charge in [-0.05, 0) is 31.5 Å². The number of thiocarbonyl (C=S) groups is 1. The average molecular weight is 185 g/mol. The number of aliphatic imine (C=N–C) groups is 1. The summed E-state index contributed by atoms with van der Waals surface area (Å²) in [5, 5.41) is 2.30. The SMILES string of the molecule is CCCC(=O)CCCCN=C=S. The van der Waals surface area contributed by atoms with E-state index in [4.69, 9.17) is 0 Å². The third-order valence-electron chi connectivity index (χ3n) is 1.57. The van der Waals surface area contributed by atoms with Crippen LogP contribution in [0.3, 0.4) is 0 Å². The van der Waals surface area contributed by atoms with Crippen LogP contribution >= 0.6 is 12.2 Å². The molecule has 0 amide bonds. The highest BCUT2D eigenvalue weighted by molar-refractivity contribution is 7.78. The van der Waals surface area contributed by atoms with E-state index in [1.165, 1.54) is 0 Å². The third kappa shape index (κ3) is 7.58. The molecule has 2 nitrogen and oxygen atoms in total. The number of nitrogens with zero attached hydrogens (tertiary/aromatic N) is 1. The van der Waals surface area contributed by atoms with Crippen molar-refractivity contribution in [2.24, 2.45) is 4.99 Å². The maximum atomic E-state index is 11.0. The summed E-state index contributed by atoms with van der Waals surface area (Å²) in [5.74, 6) is 0.365. The Bertz CT molecular complexity index is 173. The maximum absolute atomic E-state index is 11.0. The van der Waals surface area contributed by atoms with Crippen molar-refractivity contribution in [2.45, 2.75) is 39.0 Å². The fourth-order valence-electron chi connectivity index (χ4n) is 0.963. The minimum atomic E-state index is 0.365. The molecule has 3 heteroatoms. The molecular weight excluding hydrogens is 170 g/mol. The Kier molecular flexibility index (Phi) is 8.19. The quantitative estimate of drug-likeness (QED) is 0.346. The van der Waals surface area contributed by atoms with E-state index in [0.29, 0.717) is 18.7 Å². The molecule has 0 aliphatic carbocycles. The molecular formula is C9H15NOS. The smallest absolute Gasteiger partial charge is 0.132 e. The first-order valence-corrected chi connectivity index (χ1v) is 4.77. The predicted molar refractivity (Wildman–Crippen MR) is 53.7 cm³/mol. The molecule has 68 valence electrons. The van der Waals surface area contributed by atoms with Crippen molar-refractivity contribution in [2.75, 3.05) is 6.54 Å². The molecule has 0 aliphatic rings. The minimum absolute atomic E-state index is 0.365. The van der Waals surface area contributed by atoms with Crippen LogP contribution in [0.1, 0.15) is 39.0 Å². The lowest BCUT2D eigenvalue weighted by atomic mass is 10.1. The molecule has 0 unspecified atom stereocenters. The van der Waals surface area contributed by atoms with Gasteiger partial charge in [-0.3, -0.25) is 4.79 Å². The fraction of sp³-hybridized carbons (Fsp3) is 0.778. The van der Waals surface area contributed by atoms with Crippen LogP contribution in [-0.2, 0) is 4.79 Å². The molecule has 0 spiro atoms. The molecule has 0 saturated carbocycles. The van der Waals surface area contributed by atoms with Crippen molar-refractivity contribution in [3.63, 3.8) is 0 Å². The molecule has 0 bridgehead atoms. The average Bonchev–Trinajstić information content (AvgIpc) is 2.05. The zero-order chi connectivity index (χ0) is 9.23. The molecule has 0 radical (unpaired) electrons. The zero-order valence-electron chi connectivity index (χ0n) is 7.51. The molecule has 0 fully saturated rings. The summed E-state index contributed by atoms with van der Waals surface area (Å²) >= 11 is 4.41. The van der Waals surface area contributed by atoms with Gasteiger partial charge in [0, 0.05) is 19.4 Å². The lowest BCUT2D eigenvalue weighted by molar-refractivity contribution is -0.119. The highest BCUT2D eigenvalue weighted by Gasteiger charge is 1.98. The molecule has 12 heavy (non-hydrogen) atoms. The maximum Gasteiger partial charge on any atom is 0.132 e. The van der Waals surface area contributed by atoms with Crippen LogP contribution in [0.4, 0.5) is 0 Å². The fourth-order valence-corrected chi connectivity index (χ4v) is 1.05. The van der Waals surface area contributed by atoms with Crippen LogP contribution in [0.2, 0.25) is 0 Å². The van der Waals surface area contributed by atoms with Gasteiger partial charge >= 0.3 is 0 Å². The first-order valence-electron chi connectivity index (χ1n) is 4.36. The van der Waals surface area contributed by atoms with Crippen molar-refractivity contribution in [1.82, 2.24) is 0 Å². The zero-order valence-corrected chi connectivity index (χ0v) is 8.32. The van der Waals surface area contributed by atoms with Crippen LogP contribution < -0.4 is 0 Å². The molecule has 0 saturated heterocycles. The van der Waals surface area contributed by atoms with E-state index in [2.05, 4.69) is 22.4 Å². The highest BCUT2D eigenvalue weighted by atomic mass is 32.1. The van der Waals surface area contributed by atoms with Crippen molar-refractivity contribution >= 4 is 23.2 Å². The van der Waals surface area contributed by atoms with Gasteiger partial charge < -0.3 is 0 Å². The van der Waals surface area contributed by atoms with Gasteiger partial charge in [0.05, 0.1) is 5.16 Å². The second kappa shape index (κ2) is 8.57. The Labute approximate surface area is 79.1 Å². The van der Waals surface area contributed by atoms with Crippen LogP contribution in [-0.4, -0.2) is 17.5 Å². The van der Waals surface area contributed by atoms with E-state index in [0.717, 1.165) is 25.7 Å². The molecule has 0 aromatic rings. The van der Waals surface area contributed by atoms with Gasteiger partial charge in [-0.15, -0.1) is 0 Å². The Morgan fingerprint density at radius 3 is 2.75 bits per heavy atom. The topological polar surface area (TPSA) is 29.4 Å². The number of Topliss-reactive ketones (excluding diaryl/α,β-unsaturated/α-hetero) is 1. The second-order valence-corrected chi connectivity index (χ2v) is 2.90. The van der Waals surface area contributed by atoms with Gasteiger partial charge in [0.25, 0.3) is 0 Å². The predicted octanol–water partition coefficient (Wildman–Crippen LogP) is 2.63. The Hall–Kier alpha value is -0.530. The second-order valence-electron chi connectivity index (χ2n) is 2.72. The van der Waals surface area contributed by atoms with Crippen molar-refractivity contribution < 1.29 is 4.79 Å². The standard InChI is InChI=1S/C9H15NOS/c1-2-5-9(11)6-3-4-7-10-8-12/h2-7H2,1H3. The van der Waals surface area contributed by atoms with Crippen LogP contribution in [0.5, 0.6) is 0 Å². The first-order chi connectivity index (χ1) is 5.81. The monoisotopic (exact) mass is 185 g/mol. The van der Waals surface area contributed by atoms with Crippen molar-refractivity contribution in [3.8, 4) is 0 Å². The summed E-state index contributed by atoms with van der Waals surface area (Å²) in [7, 11) is 0. The number of carbonyl (C=O) groups excluding carboxylic acids is 1. The summed E-state index contributed by atoms with van der Waals surface area (Å²) in [6.07, 6.45) is 4.24. The molecule has 0 rings (SSSR count). The number of ketones is 1. The molecule has 0 aliphatic heterocycles. The van der Waals surface area contributed by atoms with Crippen molar-refractivity contribution in [3.05, 3.63) is 0 Å². The van der Waals surface area contributed by atoms with E-state index >= 15 is 0 Å². The van der Waals surface area contributed by atoms with Crippen LogP contribution in [0.25, 0.3) is 0 Å². The number of unbranched alkanes of at least 4 members (excludes halogenated alkanes) is 1. The molecule has 0 aromatic carbocycles. The van der Waals surface area contributed by atoms with E-state index in [9.17, 15) is 4.79 Å². The molecule has 0 atom stereocenters. The summed E-state index contributed by atoms with van der Waals surface area (Å²) in [5.41, 5.74) is 0. The molecule has 0 N–H and O–H groups in total. The highest BCUT2D eigenvalue weighted by Crippen LogP contribution is 2.00. The largest absolute Gasteiger partial charge is 0.300 e.